The van der Waals surface area contributed by atoms with Gasteiger partial charge in [-0.3, -0.25) is 9.69 Å². The molecule has 0 radical (unpaired) electrons. The maximum absolute atomic E-state index is 12.4. The van der Waals surface area contributed by atoms with Crippen LogP contribution in [0.3, 0.4) is 0 Å². The van der Waals surface area contributed by atoms with Crippen molar-refractivity contribution in [2.24, 2.45) is 0 Å². The predicted molar refractivity (Wildman–Crippen MR) is 80.9 cm³/mol. The summed E-state index contributed by atoms with van der Waals surface area (Å²) in [5.74, 6) is 0.200. The molecule has 0 bridgehead atoms. The van der Waals surface area contributed by atoms with Gasteiger partial charge in [0, 0.05) is 31.5 Å². The van der Waals surface area contributed by atoms with Crippen LogP contribution in [0.2, 0.25) is 0 Å². The fourth-order valence-corrected chi connectivity index (χ4v) is 3.49. The Hall–Kier alpha value is -1.40. The number of nitrogens with zero attached hydrogens (tertiary/aromatic N) is 3. The highest BCUT2D eigenvalue weighted by Crippen LogP contribution is 2.24. The number of hydrogen-bond donors (Lipinski definition) is 2. The van der Waals surface area contributed by atoms with Crippen molar-refractivity contribution >= 4 is 5.91 Å². The van der Waals surface area contributed by atoms with Crippen LogP contribution in [0.1, 0.15) is 25.7 Å². The number of nitrogens with one attached hydrogen (secondary N) is 2. The first kappa shape index (κ1) is 14.5. The van der Waals surface area contributed by atoms with E-state index < -0.39 is 0 Å². The van der Waals surface area contributed by atoms with Crippen LogP contribution in [0.5, 0.6) is 0 Å². The number of carbonyl (C=O) groups is 1. The zero-order valence-electron chi connectivity index (χ0n) is 12.5. The molecule has 2 N–H and O–H groups in total. The maximum atomic E-state index is 12.4. The van der Waals surface area contributed by atoms with Crippen molar-refractivity contribution < 1.29 is 4.79 Å². The summed E-state index contributed by atoms with van der Waals surface area (Å²) < 4.78 is 1.99. The van der Waals surface area contributed by atoms with Crippen LogP contribution in [-0.2, 0) is 11.3 Å². The second-order valence-corrected chi connectivity index (χ2v) is 5.97. The minimum atomic E-state index is 0.0795. The molecule has 2 aliphatic rings. The van der Waals surface area contributed by atoms with E-state index in [1.807, 2.05) is 10.8 Å². The van der Waals surface area contributed by atoms with E-state index in [4.69, 9.17) is 0 Å². The van der Waals surface area contributed by atoms with Gasteiger partial charge in [0.25, 0.3) is 0 Å². The number of aromatic nitrogens is 2. The Kier molecular flexibility index (Phi) is 4.87. The number of carbonyl (C=O) groups excluding carboxylic acids is 1. The van der Waals surface area contributed by atoms with E-state index >= 15 is 0 Å². The average Bonchev–Trinajstić information content (AvgIpc) is 3.19. The van der Waals surface area contributed by atoms with Crippen LogP contribution in [0.25, 0.3) is 0 Å². The monoisotopic (exact) mass is 291 g/mol. The van der Waals surface area contributed by atoms with Gasteiger partial charge in [0.2, 0.25) is 5.91 Å². The van der Waals surface area contributed by atoms with E-state index in [0.29, 0.717) is 12.6 Å². The second-order valence-electron chi connectivity index (χ2n) is 5.97. The molecule has 6 heteroatoms. The smallest absolute Gasteiger partial charge is 0.237 e. The summed E-state index contributed by atoms with van der Waals surface area (Å²) in [5.41, 5.74) is 0. The number of amides is 1. The lowest BCUT2D eigenvalue weighted by atomic mass is 10.0. The van der Waals surface area contributed by atoms with Crippen LogP contribution in [-0.4, -0.2) is 58.6 Å². The topological polar surface area (TPSA) is 62.2 Å². The van der Waals surface area contributed by atoms with Gasteiger partial charge in [0.05, 0.1) is 12.4 Å². The van der Waals surface area contributed by atoms with Crippen LogP contribution >= 0.6 is 0 Å². The largest absolute Gasteiger partial charge is 0.353 e. The highest BCUT2D eigenvalue weighted by molar-refractivity contribution is 5.82. The SMILES string of the molecule is O=C(NCCn1ccnc1)C1CCCN1C1CCNCC1. The molecule has 21 heavy (non-hydrogen) atoms. The van der Waals surface area contributed by atoms with Gasteiger partial charge >= 0.3 is 0 Å². The van der Waals surface area contributed by atoms with Crippen molar-refractivity contribution in [3.8, 4) is 0 Å². The summed E-state index contributed by atoms with van der Waals surface area (Å²) >= 11 is 0. The molecule has 2 saturated heterocycles. The lowest BCUT2D eigenvalue weighted by Crippen LogP contribution is -2.51. The highest BCUT2D eigenvalue weighted by Gasteiger charge is 2.35. The standard InChI is InChI=1S/C15H25N5O/c21-15(18-8-11-19-10-7-17-12-19)14-2-1-9-20(14)13-3-5-16-6-4-13/h7,10,12-14,16H,1-6,8-9,11H2,(H,18,21). The third kappa shape index (κ3) is 3.63. The van der Waals surface area contributed by atoms with Crippen molar-refractivity contribution in [1.82, 2.24) is 25.1 Å². The molecule has 1 atom stereocenters. The molecule has 1 aromatic rings. The molecule has 0 saturated carbocycles. The lowest BCUT2D eigenvalue weighted by molar-refractivity contribution is -0.126. The Morgan fingerprint density at radius 2 is 2.19 bits per heavy atom. The van der Waals surface area contributed by atoms with Gasteiger partial charge in [-0.25, -0.2) is 4.98 Å². The Bertz CT molecular complexity index is 441. The number of likely N-dealkylation sites (tertiary alicyclic amines) is 1. The van der Waals surface area contributed by atoms with Crippen molar-refractivity contribution in [1.29, 1.82) is 0 Å². The summed E-state index contributed by atoms with van der Waals surface area (Å²) in [4.78, 5) is 18.9. The fraction of sp³-hybridized carbons (Fsp3) is 0.733. The van der Waals surface area contributed by atoms with E-state index in [0.717, 1.165) is 39.0 Å². The van der Waals surface area contributed by atoms with E-state index in [2.05, 4.69) is 20.5 Å². The maximum Gasteiger partial charge on any atom is 0.237 e. The number of rotatable bonds is 5. The molecule has 1 unspecified atom stereocenters. The van der Waals surface area contributed by atoms with Gasteiger partial charge in [-0.05, 0) is 45.3 Å². The van der Waals surface area contributed by atoms with Crippen LogP contribution < -0.4 is 10.6 Å². The summed E-state index contributed by atoms with van der Waals surface area (Å²) in [6.45, 7) is 4.69. The third-order valence-electron chi connectivity index (χ3n) is 4.60. The first-order chi connectivity index (χ1) is 10.3. The van der Waals surface area contributed by atoms with E-state index in [9.17, 15) is 4.79 Å². The van der Waals surface area contributed by atoms with Crippen molar-refractivity contribution in [2.75, 3.05) is 26.2 Å². The van der Waals surface area contributed by atoms with E-state index in [1.165, 1.54) is 12.8 Å². The molecule has 1 aromatic heterocycles. The molecule has 0 spiro atoms. The molecule has 0 aromatic carbocycles. The van der Waals surface area contributed by atoms with Gasteiger partial charge < -0.3 is 15.2 Å². The van der Waals surface area contributed by atoms with Gasteiger partial charge in [-0.15, -0.1) is 0 Å². The fourth-order valence-electron chi connectivity index (χ4n) is 3.49. The Labute approximate surface area is 125 Å². The molecule has 3 heterocycles. The molecule has 3 rings (SSSR count). The van der Waals surface area contributed by atoms with Crippen molar-refractivity contribution in [3.05, 3.63) is 18.7 Å². The van der Waals surface area contributed by atoms with Crippen molar-refractivity contribution in [2.45, 2.75) is 44.3 Å². The molecule has 6 nitrogen and oxygen atoms in total. The Balaban J connectivity index is 1.48. The Morgan fingerprint density at radius 3 is 2.95 bits per heavy atom. The summed E-state index contributed by atoms with van der Waals surface area (Å²) in [7, 11) is 0. The zero-order chi connectivity index (χ0) is 14.5. The number of hydrogen-bond acceptors (Lipinski definition) is 4. The number of imidazole rings is 1. The lowest BCUT2D eigenvalue weighted by Gasteiger charge is -2.35. The molecule has 1 amide bonds. The molecule has 2 aliphatic heterocycles. The average molecular weight is 291 g/mol. The van der Waals surface area contributed by atoms with E-state index in [-0.39, 0.29) is 11.9 Å². The minimum absolute atomic E-state index is 0.0795. The van der Waals surface area contributed by atoms with Crippen LogP contribution in [0.4, 0.5) is 0 Å². The van der Waals surface area contributed by atoms with Crippen molar-refractivity contribution in [3.63, 3.8) is 0 Å². The molecule has 116 valence electrons. The molecule has 0 aliphatic carbocycles. The molecular weight excluding hydrogens is 266 g/mol. The highest BCUT2D eigenvalue weighted by atomic mass is 16.2. The minimum Gasteiger partial charge on any atom is -0.353 e. The van der Waals surface area contributed by atoms with Gasteiger partial charge in [-0.2, -0.15) is 0 Å². The molecular formula is C15H25N5O. The van der Waals surface area contributed by atoms with Crippen LogP contribution in [0.15, 0.2) is 18.7 Å². The Morgan fingerprint density at radius 1 is 1.33 bits per heavy atom. The summed E-state index contributed by atoms with van der Waals surface area (Å²) in [5, 5.41) is 6.48. The summed E-state index contributed by atoms with van der Waals surface area (Å²) in [6.07, 6.45) is 9.94. The zero-order valence-corrected chi connectivity index (χ0v) is 12.5. The second kappa shape index (κ2) is 7.04. The van der Waals surface area contributed by atoms with Gasteiger partial charge in [0.1, 0.15) is 0 Å². The third-order valence-corrected chi connectivity index (χ3v) is 4.60. The van der Waals surface area contributed by atoms with Gasteiger partial charge in [-0.1, -0.05) is 0 Å². The summed E-state index contributed by atoms with van der Waals surface area (Å²) in [6, 6.07) is 0.661. The first-order valence-electron chi connectivity index (χ1n) is 8.04. The predicted octanol–water partition coefficient (Wildman–Crippen LogP) is 0.216. The molecule has 2 fully saturated rings. The normalized spacial score (nSPS) is 24.3. The van der Waals surface area contributed by atoms with Gasteiger partial charge in [0.15, 0.2) is 0 Å². The van der Waals surface area contributed by atoms with Crippen LogP contribution in [0, 0.1) is 0 Å². The number of piperidine rings is 1. The quantitative estimate of drug-likeness (QED) is 0.814. The van der Waals surface area contributed by atoms with E-state index in [1.54, 1.807) is 12.5 Å². The first-order valence-corrected chi connectivity index (χ1v) is 8.04.